The van der Waals surface area contributed by atoms with Gasteiger partial charge in [0, 0.05) is 23.1 Å². The Morgan fingerprint density at radius 2 is 1.85 bits per heavy atom. The summed E-state index contributed by atoms with van der Waals surface area (Å²) in [5.41, 5.74) is 3.35. The topological polar surface area (TPSA) is 84.0 Å². The van der Waals surface area contributed by atoms with E-state index in [2.05, 4.69) is 27.5 Å². The zero-order valence-electron chi connectivity index (χ0n) is 15.2. The molecule has 6 nitrogen and oxygen atoms in total. The molecule has 0 unspecified atom stereocenters. The van der Waals surface area contributed by atoms with Crippen molar-refractivity contribution in [3.05, 3.63) is 77.6 Å². The van der Waals surface area contributed by atoms with Crippen molar-refractivity contribution in [3.63, 3.8) is 0 Å². The molecular formula is C21H20N4O2. The van der Waals surface area contributed by atoms with Crippen molar-refractivity contribution in [1.82, 2.24) is 9.97 Å². The zero-order chi connectivity index (χ0) is 19.2. The van der Waals surface area contributed by atoms with Crippen LogP contribution in [0.2, 0.25) is 0 Å². The Bertz CT molecular complexity index is 985. The third-order valence-electron chi connectivity index (χ3n) is 4.06. The van der Waals surface area contributed by atoms with Gasteiger partial charge in [-0.15, -0.1) is 0 Å². The second-order valence-electron chi connectivity index (χ2n) is 5.99. The molecule has 3 rings (SSSR count). The second-order valence-corrected chi connectivity index (χ2v) is 5.99. The maximum atomic E-state index is 12.5. The summed E-state index contributed by atoms with van der Waals surface area (Å²) in [5, 5.41) is 5.92. The summed E-state index contributed by atoms with van der Waals surface area (Å²) in [4.78, 5) is 32.5. The minimum absolute atomic E-state index is 0.0609. The van der Waals surface area contributed by atoms with Crippen molar-refractivity contribution >= 4 is 29.0 Å². The third-order valence-corrected chi connectivity index (χ3v) is 4.06. The van der Waals surface area contributed by atoms with Crippen LogP contribution in [-0.2, 0) is 6.42 Å². The molecule has 1 aromatic heterocycles. The predicted molar refractivity (Wildman–Crippen MR) is 106 cm³/mol. The Balaban J connectivity index is 1.78. The smallest absolute Gasteiger partial charge is 0.274 e. The highest BCUT2D eigenvalue weighted by Gasteiger charge is 2.11. The molecule has 0 bridgehead atoms. The highest BCUT2D eigenvalue weighted by molar-refractivity contribution is 6.04. The molecule has 6 heteroatoms. The second kappa shape index (κ2) is 8.23. The first-order valence-electron chi connectivity index (χ1n) is 8.67. The number of hydrogen-bond acceptors (Lipinski definition) is 5. The largest absolute Gasteiger partial charge is 0.324 e. The molecule has 1 heterocycles. The van der Waals surface area contributed by atoms with Crippen LogP contribution in [0.15, 0.2) is 60.8 Å². The third kappa shape index (κ3) is 4.55. The van der Waals surface area contributed by atoms with Crippen LogP contribution < -0.4 is 10.6 Å². The van der Waals surface area contributed by atoms with Crippen molar-refractivity contribution in [2.75, 3.05) is 10.6 Å². The lowest BCUT2D eigenvalue weighted by Crippen LogP contribution is -2.15. The van der Waals surface area contributed by atoms with Gasteiger partial charge in [-0.05, 0) is 43.2 Å². The summed E-state index contributed by atoms with van der Waals surface area (Å²) in [6.07, 6.45) is 2.40. The van der Waals surface area contributed by atoms with Crippen LogP contribution in [0.5, 0.6) is 0 Å². The first-order chi connectivity index (χ1) is 13.1. The van der Waals surface area contributed by atoms with E-state index in [-0.39, 0.29) is 17.4 Å². The van der Waals surface area contributed by atoms with Gasteiger partial charge >= 0.3 is 0 Å². The number of carbonyl (C=O) groups is 2. The lowest BCUT2D eigenvalue weighted by molar-refractivity contribution is 0.100. The van der Waals surface area contributed by atoms with E-state index in [4.69, 9.17) is 0 Å². The zero-order valence-corrected chi connectivity index (χ0v) is 15.2. The number of para-hydroxylation sites is 1. The van der Waals surface area contributed by atoms with Crippen molar-refractivity contribution in [2.45, 2.75) is 20.3 Å². The fourth-order valence-electron chi connectivity index (χ4n) is 2.63. The summed E-state index contributed by atoms with van der Waals surface area (Å²) in [5.74, 6) is -0.0832. The van der Waals surface area contributed by atoms with E-state index in [9.17, 15) is 9.59 Å². The summed E-state index contributed by atoms with van der Waals surface area (Å²) in [7, 11) is 0. The fraction of sp³-hybridized carbons (Fsp3) is 0.143. The Kier molecular flexibility index (Phi) is 5.56. The van der Waals surface area contributed by atoms with Gasteiger partial charge in [0.25, 0.3) is 5.91 Å². The van der Waals surface area contributed by atoms with Crippen LogP contribution in [0, 0.1) is 0 Å². The van der Waals surface area contributed by atoms with E-state index in [1.807, 2.05) is 24.3 Å². The Morgan fingerprint density at radius 1 is 1.04 bits per heavy atom. The van der Waals surface area contributed by atoms with E-state index >= 15 is 0 Å². The highest BCUT2D eigenvalue weighted by Crippen LogP contribution is 2.19. The maximum absolute atomic E-state index is 12.5. The van der Waals surface area contributed by atoms with Crippen LogP contribution in [0.3, 0.4) is 0 Å². The van der Waals surface area contributed by atoms with Crippen LogP contribution in [0.25, 0.3) is 0 Å². The number of nitrogens with zero attached hydrogens (tertiary/aromatic N) is 2. The van der Waals surface area contributed by atoms with Crippen molar-refractivity contribution in [2.24, 2.45) is 0 Å². The lowest BCUT2D eigenvalue weighted by atomic mass is 10.1. The number of aryl methyl sites for hydroxylation is 1. The monoisotopic (exact) mass is 360 g/mol. The molecule has 0 saturated carbocycles. The SMILES string of the molecule is CCc1ccccc1Nc1nccc(C(=O)Nc2cccc(C(C)=O)c2)n1. The Hall–Kier alpha value is -3.54. The van der Waals surface area contributed by atoms with Crippen molar-refractivity contribution in [3.8, 4) is 0 Å². The minimum Gasteiger partial charge on any atom is -0.324 e. The van der Waals surface area contributed by atoms with E-state index in [0.717, 1.165) is 17.7 Å². The molecule has 0 radical (unpaired) electrons. The summed E-state index contributed by atoms with van der Waals surface area (Å²) < 4.78 is 0. The number of nitrogens with one attached hydrogen (secondary N) is 2. The van der Waals surface area contributed by atoms with E-state index in [1.54, 1.807) is 30.3 Å². The molecule has 3 aromatic rings. The van der Waals surface area contributed by atoms with Crippen molar-refractivity contribution in [1.29, 1.82) is 0 Å². The number of hydrogen-bond donors (Lipinski definition) is 2. The van der Waals surface area contributed by atoms with Gasteiger partial charge in [-0.1, -0.05) is 37.3 Å². The number of ketones is 1. The molecular weight excluding hydrogens is 340 g/mol. The van der Waals surface area contributed by atoms with Crippen LogP contribution in [-0.4, -0.2) is 21.7 Å². The van der Waals surface area contributed by atoms with Gasteiger partial charge in [0.05, 0.1) is 0 Å². The number of benzene rings is 2. The van der Waals surface area contributed by atoms with E-state index in [1.165, 1.54) is 13.1 Å². The highest BCUT2D eigenvalue weighted by atomic mass is 16.2. The molecule has 0 aliphatic rings. The average molecular weight is 360 g/mol. The maximum Gasteiger partial charge on any atom is 0.274 e. The first-order valence-corrected chi connectivity index (χ1v) is 8.67. The van der Waals surface area contributed by atoms with Crippen LogP contribution in [0.4, 0.5) is 17.3 Å². The van der Waals surface area contributed by atoms with Gasteiger partial charge in [-0.3, -0.25) is 9.59 Å². The summed E-state index contributed by atoms with van der Waals surface area (Å²) >= 11 is 0. The Morgan fingerprint density at radius 3 is 2.63 bits per heavy atom. The predicted octanol–water partition coefficient (Wildman–Crippen LogP) is 4.24. The first kappa shape index (κ1) is 18.3. The van der Waals surface area contributed by atoms with Crippen molar-refractivity contribution < 1.29 is 9.59 Å². The molecule has 27 heavy (non-hydrogen) atoms. The fourth-order valence-corrected chi connectivity index (χ4v) is 2.63. The molecule has 0 spiro atoms. The molecule has 0 atom stereocenters. The minimum atomic E-state index is -0.370. The van der Waals surface area contributed by atoms with E-state index < -0.39 is 0 Å². The average Bonchev–Trinajstić information content (AvgIpc) is 2.69. The molecule has 0 aliphatic heterocycles. The number of rotatable bonds is 6. The Labute approximate surface area is 157 Å². The molecule has 0 fully saturated rings. The van der Waals surface area contributed by atoms with Gasteiger partial charge in [0.15, 0.2) is 5.78 Å². The molecule has 2 aromatic carbocycles. The number of aromatic nitrogens is 2. The van der Waals surface area contributed by atoms with E-state index in [0.29, 0.717) is 17.2 Å². The summed E-state index contributed by atoms with van der Waals surface area (Å²) in [6, 6.07) is 16.2. The number of Topliss-reactive ketones (excluding diaryl/α,β-unsaturated/α-hetero) is 1. The number of amides is 1. The molecule has 0 aliphatic carbocycles. The lowest BCUT2D eigenvalue weighted by Gasteiger charge is -2.10. The van der Waals surface area contributed by atoms with Gasteiger partial charge in [-0.2, -0.15) is 0 Å². The quantitative estimate of drug-likeness (QED) is 0.643. The van der Waals surface area contributed by atoms with Gasteiger partial charge in [-0.25, -0.2) is 9.97 Å². The van der Waals surface area contributed by atoms with Gasteiger partial charge < -0.3 is 10.6 Å². The summed E-state index contributed by atoms with van der Waals surface area (Å²) in [6.45, 7) is 3.55. The van der Waals surface area contributed by atoms with Gasteiger partial charge in [0.1, 0.15) is 5.69 Å². The van der Waals surface area contributed by atoms with Gasteiger partial charge in [0.2, 0.25) is 5.95 Å². The normalized spacial score (nSPS) is 10.3. The van der Waals surface area contributed by atoms with Crippen LogP contribution >= 0.6 is 0 Å². The number of anilines is 3. The molecule has 0 saturated heterocycles. The number of carbonyl (C=O) groups excluding carboxylic acids is 2. The standard InChI is InChI=1S/C21H20N4O2/c1-3-15-7-4-5-10-18(15)24-21-22-12-11-19(25-21)20(27)23-17-9-6-8-16(13-17)14(2)26/h4-13H,3H2,1-2H3,(H,23,27)(H,22,24,25). The van der Waals surface area contributed by atoms with Crippen LogP contribution in [0.1, 0.15) is 40.3 Å². The molecule has 2 N–H and O–H groups in total. The molecule has 136 valence electrons. The molecule has 1 amide bonds.